The minimum absolute atomic E-state index is 0.00154. The van der Waals surface area contributed by atoms with Gasteiger partial charge in [0.05, 0.1) is 15.1 Å². The van der Waals surface area contributed by atoms with Crippen LogP contribution in [0.5, 0.6) is 0 Å². The molecule has 0 N–H and O–H groups in total. The van der Waals surface area contributed by atoms with Gasteiger partial charge in [0.25, 0.3) is 10.0 Å². The number of rotatable bonds is 2. The van der Waals surface area contributed by atoms with Crippen LogP contribution in [0.3, 0.4) is 0 Å². The van der Waals surface area contributed by atoms with E-state index in [2.05, 4.69) is 0 Å². The summed E-state index contributed by atoms with van der Waals surface area (Å²) in [7, 11) is -4.06. The van der Waals surface area contributed by atoms with Crippen LogP contribution >= 0.6 is 58.4 Å². The number of hydrogen-bond donors (Lipinski definition) is 0. The molecule has 0 aliphatic carbocycles. The van der Waals surface area contributed by atoms with Crippen LogP contribution in [0.1, 0.15) is 0 Å². The number of nitrogens with zero attached hydrogens (tertiary/aromatic N) is 1. The lowest BCUT2D eigenvalue weighted by molar-refractivity contribution is 0.579. The van der Waals surface area contributed by atoms with Crippen LogP contribution in [-0.2, 0) is 10.0 Å². The Kier molecular flexibility index (Phi) is 4.40. The second-order valence-corrected chi connectivity index (χ2v) is 6.60. The van der Waals surface area contributed by atoms with Crippen LogP contribution in [-0.4, -0.2) is 11.8 Å². The SMILES string of the molecule is O=S(=O)(c1cc(Cl)c(Cl)cc1Cl)N(Cl)Cl. The number of sulfonamides is 1. The maximum Gasteiger partial charge on any atom is 0.272 e. The molecule has 0 amide bonds. The van der Waals surface area contributed by atoms with E-state index in [1.54, 1.807) is 0 Å². The summed E-state index contributed by atoms with van der Waals surface area (Å²) < 4.78 is 23.0. The largest absolute Gasteiger partial charge is 0.272 e. The molecule has 0 unspecified atom stereocenters. The maximum atomic E-state index is 11.5. The summed E-state index contributed by atoms with van der Waals surface area (Å²) in [6.45, 7) is 0. The molecule has 15 heavy (non-hydrogen) atoms. The standard InChI is InChI=1S/C6H2Cl5NO2S/c7-3-1-5(9)6(2-4(3)8)15(13,14)12(10)11/h1-2H. The van der Waals surface area contributed by atoms with Crippen molar-refractivity contribution < 1.29 is 8.42 Å². The smallest absolute Gasteiger partial charge is 0.204 e. The normalized spacial score (nSPS) is 12.1. The fraction of sp³-hybridized carbons (Fsp3) is 0. The average molecular weight is 329 g/mol. The Balaban J connectivity index is 3.46. The summed E-state index contributed by atoms with van der Waals surface area (Å²) >= 11 is 27.2. The van der Waals surface area contributed by atoms with Crippen molar-refractivity contribution in [1.29, 1.82) is 0 Å². The van der Waals surface area contributed by atoms with Gasteiger partial charge in [-0.1, -0.05) is 34.8 Å². The second kappa shape index (κ2) is 4.84. The third-order valence-corrected chi connectivity index (χ3v) is 4.93. The zero-order valence-corrected chi connectivity index (χ0v) is 11.3. The van der Waals surface area contributed by atoms with Gasteiger partial charge in [-0.25, -0.2) is 8.42 Å². The quantitative estimate of drug-likeness (QED) is 0.609. The minimum atomic E-state index is -4.06. The zero-order chi connectivity index (χ0) is 11.8. The molecule has 0 saturated carbocycles. The predicted molar refractivity (Wildman–Crippen MR) is 62.2 cm³/mol. The van der Waals surface area contributed by atoms with Gasteiger partial charge in [0.1, 0.15) is 4.90 Å². The monoisotopic (exact) mass is 327 g/mol. The van der Waals surface area contributed by atoms with Gasteiger partial charge in [0, 0.05) is 23.6 Å². The molecule has 0 aliphatic rings. The lowest BCUT2D eigenvalue weighted by Gasteiger charge is -2.08. The molecule has 0 radical (unpaired) electrons. The van der Waals surface area contributed by atoms with E-state index in [9.17, 15) is 8.42 Å². The topological polar surface area (TPSA) is 37.4 Å². The summed E-state index contributed by atoms with van der Waals surface area (Å²) in [5, 5.41) is 0.0573. The summed E-state index contributed by atoms with van der Waals surface area (Å²) in [5.41, 5.74) is 0. The van der Waals surface area contributed by atoms with Gasteiger partial charge in [-0.2, -0.15) is 0 Å². The van der Waals surface area contributed by atoms with E-state index < -0.39 is 10.0 Å². The van der Waals surface area contributed by atoms with Gasteiger partial charge >= 0.3 is 0 Å². The highest BCUT2D eigenvalue weighted by Crippen LogP contribution is 2.33. The van der Waals surface area contributed by atoms with E-state index in [1.807, 2.05) is 0 Å². The first kappa shape index (κ1) is 13.6. The van der Waals surface area contributed by atoms with Crippen molar-refractivity contribution in [3.63, 3.8) is 0 Å². The lowest BCUT2D eigenvalue weighted by Crippen LogP contribution is -2.12. The Bertz CT molecular complexity index is 487. The van der Waals surface area contributed by atoms with E-state index in [0.29, 0.717) is 0 Å². The second-order valence-electron chi connectivity index (χ2n) is 2.37. The van der Waals surface area contributed by atoms with Gasteiger partial charge in [-0.3, -0.25) is 0 Å². The fourth-order valence-corrected chi connectivity index (χ4v) is 2.85. The van der Waals surface area contributed by atoms with Crippen LogP contribution in [0.25, 0.3) is 0 Å². The van der Waals surface area contributed by atoms with Gasteiger partial charge in [0.15, 0.2) is 0 Å². The van der Waals surface area contributed by atoms with Crippen LogP contribution in [0.4, 0.5) is 0 Å². The zero-order valence-electron chi connectivity index (χ0n) is 6.72. The summed E-state index contributed by atoms with van der Waals surface area (Å²) in [4.78, 5) is -0.316. The first-order chi connectivity index (χ1) is 6.76. The molecule has 0 atom stereocenters. The molecule has 9 heteroatoms. The van der Waals surface area contributed by atoms with Crippen molar-refractivity contribution in [3.05, 3.63) is 27.2 Å². The maximum absolute atomic E-state index is 11.5. The van der Waals surface area contributed by atoms with Crippen molar-refractivity contribution in [2.45, 2.75) is 4.90 Å². The van der Waals surface area contributed by atoms with Crippen molar-refractivity contribution in [2.24, 2.45) is 0 Å². The fourth-order valence-electron chi connectivity index (χ4n) is 0.776. The van der Waals surface area contributed by atoms with Crippen LogP contribution in [0, 0.1) is 0 Å². The van der Waals surface area contributed by atoms with Crippen molar-refractivity contribution >= 4 is 68.4 Å². The van der Waals surface area contributed by atoms with E-state index in [1.165, 1.54) is 6.07 Å². The molecule has 0 bridgehead atoms. The number of hydrogen-bond acceptors (Lipinski definition) is 2. The molecule has 1 aromatic rings. The molecule has 84 valence electrons. The molecule has 0 aliphatic heterocycles. The molecule has 0 heterocycles. The van der Waals surface area contributed by atoms with Crippen molar-refractivity contribution in [3.8, 4) is 0 Å². The van der Waals surface area contributed by atoms with Gasteiger partial charge in [0.2, 0.25) is 0 Å². The Hall–Kier alpha value is 0.580. The number of halogens is 5. The van der Waals surface area contributed by atoms with E-state index in [0.717, 1.165) is 6.07 Å². The molecule has 0 spiro atoms. The molecule has 1 rings (SSSR count). The summed E-state index contributed by atoms with van der Waals surface area (Å²) in [6, 6.07) is 2.26. The predicted octanol–water partition coefficient (Wildman–Crippen LogP) is 3.95. The van der Waals surface area contributed by atoms with E-state index >= 15 is 0 Å². The van der Waals surface area contributed by atoms with Crippen LogP contribution in [0.2, 0.25) is 15.1 Å². The van der Waals surface area contributed by atoms with Crippen LogP contribution in [0.15, 0.2) is 17.0 Å². The highest BCUT2D eigenvalue weighted by molar-refractivity contribution is 7.91. The Labute approximate surface area is 112 Å². The Morgan fingerprint density at radius 2 is 1.40 bits per heavy atom. The molecule has 0 saturated heterocycles. The molecular weight excluding hydrogens is 327 g/mol. The summed E-state index contributed by atoms with van der Waals surface area (Å²) in [5.74, 6) is 0. The van der Waals surface area contributed by atoms with Crippen LogP contribution < -0.4 is 0 Å². The highest BCUT2D eigenvalue weighted by atomic mass is 35.5. The Morgan fingerprint density at radius 3 is 1.87 bits per heavy atom. The molecule has 0 fully saturated rings. The van der Waals surface area contributed by atoms with E-state index in [-0.39, 0.29) is 23.3 Å². The average Bonchev–Trinajstić information content (AvgIpc) is 2.10. The first-order valence-corrected chi connectivity index (χ1v) is 6.53. The van der Waals surface area contributed by atoms with Gasteiger partial charge in [-0.15, -0.1) is 0 Å². The minimum Gasteiger partial charge on any atom is -0.204 e. The van der Waals surface area contributed by atoms with Gasteiger partial charge in [-0.05, 0) is 15.5 Å². The lowest BCUT2D eigenvalue weighted by atomic mass is 10.4. The molecule has 3 nitrogen and oxygen atoms in total. The van der Waals surface area contributed by atoms with Crippen molar-refractivity contribution in [1.82, 2.24) is 3.34 Å². The Morgan fingerprint density at radius 1 is 0.933 bits per heavy atom. The molecular formula is C6H2Cl5NO2S. The van der Waals surface area contributed by atoms with Gasteiger partial charge < -0.3 is 0 Å². The third kappa shape index (κ3) is 2.82. The van der Waals surface area contributed by atoms with E-state index in [4.69, 9.17) is 58.4 Å². The molecule has 1 aromatic carbocycles. The summed E-state index contributed by atoms with van der Waals surface area (Å²) in [6.07, 6.45) is 0. The first-order valence-electron chi connectivity index (χ1n) is 3.28. The number of benzene rings is 1. The molecule has 0 aromatic heterocycles. The highest BCUT2D eigenvalue weighted by Gasteiger charge is 2.25. The van der Waals surface area contributed by atoms with Crippen molar-refractivity contribution in [2.75, 3.05) is 0 Å². The third-order valence-electron chi connectivity index (χ3n) is 1.43.